The number of nitrogens with zero attached hydrogens (tertiary/aromatic N) is 1. The summed E-state index contributed by atoms with van der Waals surface area (Å²) in [5.74, 6) is -0.627. The third-order valence-corrected chi connectivity index (χ3v) is 3.75. The topological polar surface area (TPSA) is 20.3 Å². The maximum atomic E-state index is 13.7. The molecule has 1 atom stereocenters. The van der Waals surface area contributed by atoms with E-state index < -0.39 is 5.82 Å². The van der Waals surface area contributed by atoms with Crippen molar-refractivity contribution in [1.29, 1.82) is 0 Å². The van der Waals surface area contributed by atoms with Gasteiger partial charge in [0.25, 0.3) is 5.91 Å². The molecule has 1 fully saturated rings. The number of aryl methyl sites for hydroxylation is 1. The number of likely N-dealkylation sites (tertiary alicyclic amines) is 1. The molecule has 17 heavy (non-hydrogen) atoms. The fraction of sp³-hybridized carbons (Fsp3) is 0.462. The van der Waals surface area contributed by atoms with Crippen LogP contribution in [0.15, 0.2) is 18.2 Å². The van der Waals surface area contributed by atoms with Crippen LogP contribution in [0.3, 0.4) is 0 Å². The Kier molecular flexibility index (Phi) is 3.82. The van der Waals surface area contributed by atoms with Crippen LogP contribution in [-0.4, -0.2) is 28.7 Å². The SMILES string of the molecule is Cc1ccc(C(=O)N2CCCC(Br)C2)c(F)c1. The first-order valence-corrected chi connectivity index (χ1v) is 6.69. The molecule has 2 nitrogen and oxygen atoms in total. The first kappa shape index (κ1) is 12.6. The molecule has 0 saturated carbocycles. The highest BCUT2D eigenvalue weighted by Gasteiger charge is 2.24. The van der Waals surface area contributed by atoms with Crippen molar-refractivity contribution >= 4 is 21.8 Å². The number of hydrogen-bond acceptors (Lipinski definition) is 1. The van der Waals surface area contributed by atoms with Gasteiger partial charge in [-0.15, -0.1) is 0 Å². The van der Waals surface area contributed by atoms with Gasteiger partial charge < -0.3 is 4.90 Å². The number of piperidine rings is 1. The number of hydrogen-bond donors (Lipinski definition) is 0. The molecule has 1 aliphatic rings. The number of alkyl halides is 1. The predicted octanol–water partition coefficient (Wildman–Crippen LogP) is 3.13. The Morgan fingerprint density at radius 2 is 2.29 bits per heavy atom. The van der Waals surface area contributed by atoms with Gasteiger partial charge in [0.15, 0.2) is 0 Å². The lowest BCUT2D eigenvalue weighted by molar-refractivity contribution is 0.0725. The van der Waals surface area contributed by atoms with E-state index in [9.17, 15) is 9.18 Å². The van der Waals surface area contributed by atoms with E-state index in [-0.39, 0.29) is 11.5 Å². The average molecular weight is 300 g/mol. The van der Waals surface area contributed by atoms with E-state index in [0.29, 0.717) is 17.9 Å². The third-order valence-electron chi connectivity index (χ3n) is 3.01. The summed E-state index contributed by atoms with van der Waals surface area (Å²) in [4.78, 5) is 14.2. The van der Waals surface area contributed by atoms with Gasteiger partial charge in [-0.2, -0.15) is 0 Å². The number of carbonyl (C=O) groups excluding carboxylic acids is 1. The van der Waals surface area contributed by atoms with E-state index >= 15 is 0 Å². The fourth-order valence-electron chi connectivity index (χ4n) is 2.07. The van der Waals surface area contributed by atoms with Crippen molar-refractivity contribution < 1.29 is 9.18 Å². The number of amides is 1. The number of benzene rings is 1. The molecule has 0 aromatic heterocycles. The normalized spacial score (nSPS) is 20.4. The van der Waals surface area contributed by atoms with Crippen molar-refractivity contribution in [2.75, 3.05) is 13.1 Å². The van der Waals surface area contributed by atoms with Crippen LogP contribution in [0.25, 0.3) is 0 Å². The van der Waals surface area contributed by atoms with Crippen LogP contribution in [0.5, 0.6) is 0 Å². The number of rotatable bonds is 1. The van der Waals surface area contributed by atoms with Gasteiger partial charge in [0.2, 0.25) is 0 Å². The molecule has 1 saturated heterocycles. The number of carbonyl (C=O) groups is 1. The molecule has 0 bridgehead atoms. The van der Waals surface area contributed by atoms with Gasteiger partial charge in [-0.25, -0.2) is 4.39 Å². The fourth-order valence-corrected chi connectivity index (χ4v) is 2.75. The van der Waals surface area contributed by atoms with E-state index in [2.05, 4.69) is 15.9 Å². The van der Waals surface area contributed by atoms with Crippen LogP contribution in [0.1, 0.15) is 28.8 Å². The van der Waals surface area contributed by atoms with Crippen LogP contribution in [0.2, 0.25) is 0 Å². The summed E-state index contributed by atoms with van der Waals surface area (Å²) in [7, 11) is 0. The maximum absolute atomic E-state index is 13.7. The summed E-state index contributed by atoms with van der Waals surface area (Å²) >= 11 is 3.51. The molecular formula is C13H15BrFNO. The van der Waals surface area contributed by atoms with Crippen molar-refractivity contribution in [1.82, 2.24) is 4.90 Å². The molecule has 0 N–H and O–H groups in total. The lowest BCUT2D eigenvalue weighted by Gasteiger charge is -2.30. The molecule has 0 spiro atoms. The monoisotopic (exact) mass is 299 g/mol. The Bertz CT molecular complexity index is 435. The summed E-state index contributed by atoms with van der Waals surface area (Å²) in [6.07, 6.45) is 2.04. The summed E-state index contributed by atoms with van der Waals surface area (Å²) in [6.45, 7) is 3.19. The average Bonchev–Trinajstić information content (AvgIpc) is 2.28. The Hall–Kier alpha value is -0.900. The summed E-state index contributed by atoms with van der Waals surface area (Å²) in [5.41, 5.74) is 1.01. The smallest absolute Gasteiger partial charge is 0.256 e. The van der Waals surface area contributed by atoms with E-state index in [0.717, 1.165) is 18.4 Å². The molecule has 1 aromatic carbocycles. The molecule has 1 heterocycles. The largest absolute Gasteiger partial charge is 0.337 e. The highest BCUT2D eigenvalue weighted by atomic mass is 79.9. The van der Waals surface area contributed by atoms with Gasteiger partial charge in [0.1, 0.15) is 5.82 Å². The summed E-state index contributed by atoms with van der Waals surface area (Å²) in [6, 6.07) is 4.75. The molecule has 0 aliphatic carbocycles. The molecule has 1 aliphatic heterocycles. The lowest BCUT2D eigenvalue weighted by atomic mass is 10.1. The molecule has 92 valence electrons. The highest BCUT2D eigenvalue weighted by Crippen LogP contribution is 2.20. The Labute approximate surface area is 109 Å². The molecule has 4 heteroatoms. The molecule has 1 amide bonds. The molecule has 2 rings (SSSR count). The van der Waals surface area contributed by atoms with E-state index in [1.54, 1.807) is 17.0 Å². The second-order valence-corrected chi connectivity index (χ2v) is 5.77. The molecule has 1 aromatic rings. The third kappa shape index (κ3) is 2.86. The van der Waals surface area contributed by atoms with E-state index in [4.69, 9.17) is 0 Å². The minimum atomic E-state index is -0.424. The van der Waals surface area contributed by atoms with Gasteiger partial charge in [0.05, 0.1) is 5.56 Å². The minimum absolute atomic E-state index is 0.178. The molecule has 0 radical (unpaired) electrons. The highest BCUT2D eigenvalue weighted by molar-refractivity contribution is 9.09. The Morgan fingerprint density at radius 1 is 1.53 bits per heavy atom. The zero-order chi connectivity index (χ0) is 12.4. The lowest BCUT2D eigenvalue weighted by Crippen LogP contribution is -2.40. The van der Waals surface area contributed by atoms with Crippen molar-refractivity contribution in [3.8, 4) is 0 Å². The zero-order valence-electron chi connectivity index (χ0n) is 9.75. The molecule has 1 unspecified atom stereocenters. The van der Waals surface area contributed by atoms with Crippen molar-refractivity contribution in [3.63, 3.8) is 0 Å². The summed E-state index contributed by atoms with van der Waals surface area (Å²) < 4.78 is 13.7. The predicted molar refractivity (Wildman–Crippen MR) is 69.0 cm³/mol. The second-order valence-electron chi connectivity index (χ2n) is 4.47. The van der Waals surface area contributed by atoms with Crippen LogP contribution in [-0.2, 0) is 0 Å². The quantitative estimate of drug-likeness (QED) is 0.730. The van der Waals surface area contributed by atoms with Crippen molar-refractivity contribution in [3.05, 3.63) is 35.1 Å². The van der Waals surface area contributed by atoms with Crippen LogP contribution < -0.4 is 0 Å². The van der Waals surface area contributed by atoms with Crippen LogP contribution >= 0.6 is 15.9 Å². The standard InChI is InChI=1S/C13H15BrFNO/c1-9-4-5-11(12(15)7-9)13(17)16-6-2-3-10(14)8-16/h4-5,7,10H,2-3,6,8H2,1H3. The van der Waals surface area contributed by atoms with Gasteiger partial charge in [-0.3, -0.25) is 4.79 Å². The minimum Gasteiger partial charge on any atom is -0.337 e. The van der Waals surface area contributed by atoms with Crippen LogP contribution in [0, 0.1) is 12.7 Å². The van der Waals surface area contributed by atoms with Crippen LogP contribution in [0.4, 0.5) is 4.39 Å². The summed E-state index contributed by atoms with van der Waals surface area (Å²) in [5, 5.41) is 0. The van der Waals surface area contributed by atoms with E-state index in [1.165, 1.54) is 6.07 Å². The first-order chi connectivity index (χ1) is 8.08. The van der Waals surface area contributed by atoms with Crippen molar-refractivity contribution in [2.24, 2.45) is 0 Å². The maximum Gasteiger partial charge on any atom is 0.256 e. The van der Waals surface area contributed by atoms with Gasteiger partial charge >= 0.3 is 0 Å². The van der Waals surface area contributed by atoms with Gasteiger partial charge in [-0.05, 0) is 37.5 Å². The van der Waals surface area contributed by atoms with E-state index in [1.807, 2.05) is 6.92 Å². The first-order valence-electron chi connectivity index (χ1n) is 5.77. The van der Waals surface area contributed by atoms with Gasteiger partial charge in [-0.1, -0.05) is 22.0 Å². The van der Waals surface area contributed by atoms with Gasteiger partial charge in [0, 0.05) is 17.9 Å². The Balaban J connectivity index is 2.18. The molecular weight excluding hydrogens is 285 g/mol. The Morgan fingerprint density at radius 3 is 2.94 bits per heavy atom. The second kappa shape index (κ2) is 5.17. The zero-order valence-corrected chi connectivity index (χ0v) is 11.3. The number of halogens is 2. The van der Waals surface area contributed by atoms with Crippen molar-refractivity contribution in [2.45, 2.75) is 24.6 Å².